The van der Waals surface area contributed by atoms with Gasteiger partial charge < -0.3 is 4.90 Å². The van der Waals surface area contributed by atoms with E-state index in [1.165, 1.54) is 16.1 Å². The standard InChI is InChI=1S/C13H12Br2ClNS/c1-17(8-11-3-5-13(16)18-11)12-4-2-10(15)6-9(12)7-14/h2-6H,7-8H2,1H3. The fourth-order valence-electron chi connectivity index (χ4n) is 1.79. The zero-order chi connectivity index (χ0) is 13.1. The van der Waals surface area contributed by atoms with Gasteiger partial charge in [-0.15, -0.1) is 11.3 Å². The van der Waals surface area contributed by atoms with E-state index >= 15 is 0 Å². The molecule has 0 radical (unpaired) electrons. The quantitative estimate of drug-likeness (QED) is 0.586. The second-order valence-corrected chi connectivity index (χ2v) is 7.24. The molecule has 0 fully saturated rings. The summed E-state index contributed by atoms with van der Waals surface area (Å²) < 4.78 is 1.95. The minimum Gasteiger partial charge on any atom is -0.369 e. The normalized spacial score (nSPS) is 10.7. The lowest BCUT2D eigenvalue weighted by atomic mass is 10.2. The minimum atomic E-state index is 0.843. The second kappa shape index (κ2) is 6.42. The maximum Gasteiger partial charge on any atom is 0.0931 e. The van der Waals surface area contributed by atoms with E-state index in [2.05, 4.69) is 68.1 Å². The average molecular weight is 410 g/mol. The summed E-state index contributed by atoms with van der Waals surface area (Å²) in [5, 5.41) is 0.845. The van der Waals surface area contributed by atoms with Crippen LogP contribution >= 0.6 is 54.8 Å². The molecule has 0 aliphatic rings. The molecule has 0 saturated carbocycles. The van der Waals surface area contributed by atoms with Gasteiger partial charge in [0.25, 0.3) is 0 Å². The first-order valence-electron chi connectivity index (χ1n) is 5.40. The Kier molecular flexibility index (Phi) is 5.13. The van der Waals surface area contributed by atoms with E-state index < -0.39 is 0 Å². The van der Waals surface area contributed by atoms with Gasteiger partial charge in [0.2, 0.25) is 0 Å². The highest BCUT2D eigenvalue weighted by atomic mass is 79.9. The lowest BCUT2D eigenvalue weighted by Gasteiger charge is -2.21. The molecule has 0 atom stereocenters. The Morgan fingerprint density at radius 2 is 2.06 bits per heavy atom. The first-order chi connectivity index (χ1) is 8.60. The van der Waals surface area contributed by atoms with Crippen LogP contribution < -0.4 is 4.90 Å². The number of benzene rings is 1. The molecule has 0 amide bonds. The van der Waals surface area contributed by atoms with Crippen molar-refractivity contribution >= 4 is 60.5 Å². The molecule has 18 heavy (non-hydrogen) atoms. The van der Waals surface area contributed by atoms with E-state index in [1.807, 2.05) is 6.07 Å². The van der Waals surface area contributed by atoms with Crippen molar-refractivity contribution in [2.45, 2.75) is 11.9 Å². The summed E-state index contributed by atoms with van der Waals surface area (Å²) >= 11 is 14.6. The van der Waals surface area contributed by atoms with E-state index in [1.54, 1.807) is 11.3 Å². The summed E-state index contributed by atoms with van der Waals surface area (Å²) in [6, 6.07) is 10.4. The number of anilines is 1. The molecule has 5 heteroatoms. The third-order valence-electron chi connectivity index (χ3n) is 2.62. The third-order valence-corrected chi connectivity index (χ3v) is 4.93. The van der Waals surface area contributed by atoms with Crippen LogP contribution in [0.25, 0.3) is 0 Å². The Labute approximate surface area is 133 Å². The molecule has 0 bridgehead atoms. The van der Waals surface area contributed by atoms with E-state index in [0.29, 0.717) is 0 Å². The molecule has 1 aromatic carbocycles. The highest BCUT2D eigenvalue weighted by Gasteiger charge is 2.09. The monoisotopic (exact) mass is 407 g/mol. The molecule has 2 aromatic rings. The molecular weight excluding hydrogens is 397 g/mol. The van der Waals surface area contributed by atoms with Crippen LogP contribution in [-0.4, -0.2) is 7.05 Å². The maximum absolute atomic E-state index is 5.96. The number of nitrogens with zero attached hydrogens (tertiary/aromatic N) is 1. The Morgan fingerprint density at radius 3 is 2.67 bits per heavy atom. The first kappa shape index (κ1) is 14.4. The Balaban J connectivity index is 2.20. The van der Waals surface area contributed by atoms with Gasteiger partial charge in [-0.3, -0.25) is 0 Å². The summed E-state index contributed by atoms with van der Waals surface area (Å²) in [5.74, 6) is 0. The van der Waals surface area contributed by atoms with E-state index in [9.17, 15) is 0 Å². The Morgan fingerprint density at radius 1 is 1.28 bits per heavy atom. The van der Waals surface area contributed by atoms with Gasteiger partial charge in [0.15, 0.2) is 0 Å². The zero-order valence-electron chi connectivity index (χ0n) is 9.79. The Bertz CT molecular complexity index is 542. The number of alkyl halides is 1. The van der Waals surface area contributed by atoms with Gasteiger partial charge in [-0.25, -0.2) is 0 Å². The van der Waals surface area contributed by atoms with E-state index in [0.717, 1.165) is 20.7 Å². The molecule has 0 aliphatic carbocycles. The molecule has 0 saturated heterocycles. The van der Waals surface area contributed by atoms with Crippen LogP contribution in [0.4, 0.5) is 5.69 Å². The number of hydrogen-bond donors (Lipinski definition) is 0. The molecule has 96 valence electrons. The van der Waals surface area contributed by atoms with Gasteiger partial charge in [-0.2, -0.15) is 0 Å². The van der Waals surface area contributed by atoms with Crippen molar-refractivity contribution in [2.24, 2.45) is 0 Å². The first-order valence-corrected chi connectivity index (χ1v) is 8.51. The third kappa shape index (κ3) is 3.50. The van der Waals surface area contributed by atoms with Crippen LogP contribution in [0, 0.1) is 0 Å². The highest BCUT2D eigenvalue weighted by molar-refractivity contribution is 9.10. The molecule has 0 N–H and O–H groups in total. The van der Waals surface area contributed by atoms with Crippen molar-refractivity contribution in [3.8, 4) is 0 Å². The molecular formula is C13H12Br2ClNS. The van der Waals surface area contributed by atoms with Gasteiger partial charge >= 0.3 is 0 Å². The lowest BCUT2D eigenvalue weighted by molar-refractivity contribution is 0.933. The fourth-order valence-corrected chi connectivity index (χ4v) is 3.79. The minimum absolute atomic E-state index is 0.843. The lowest BCUT2D eigenvalue weighted by Crippen LogP contribution is -2.17. The van der Waals surface area contributed by atoms with E-state index in [-0.39, 0.29) is 0 Å². The fraction of sp³-hybridized carbons (Fsp3) is 0.231. The van der Waals surface area contributed by atoms with Crippen molar-refractivity contribution in [2.75, 3.05) is 11.9 Å². The Hall–Kier alpha value is -0.0300. The molecule has 1 heterocycles. The predicted molar refractivity (Wildman–Crippen MR) is 88.2 cm³/mol. The van der Waals surface area contributed by atoms with E-state index in [4.69, 9.17) is 11.6 Å². The average Bonchev–Trinajstić information content (AvgIpc) is 2.74. The van der Waals surface area contributed by atoms with Crippen molar-refractivity contribution in [3.05, 3.63) is 49.6 Å². The van der Waals surface area contributed by atoms with Crippen LogP contribution in [0.5, 0.6) is 0 Å². The molecule has 0 aliphatic heterocycles. The second-order valence-electron chi connectivity index (χ2n) is 3.97. The maximum atomic E-state index is 5.96. The highest BCUT2D eigenvalue weighted by Crippen LogP contribution is 2.29. The van der Waals surface area contributed by atoms with Gasteiger partial charge in [-0.05, 0) is 35.9 Å². The van der Waals surface area contributed by atoms with Crippen molar-refractivity contribution < 1.29 is 0 Å². The smallest absolute Gasteiger partial charge is 0.0931 e. The number of rotatable bonds is 4. The number of thiophene rings is 1. The van der Waals surface area contributed by atoms with Crippen LogP contribution in [0.3, 0.4) is 0 Å². The largest absolute Gasteiger partial charge is 0.369 e. The molecule has 0 unspecified atom stereocenters. The van der Waals surface area contributed by atoms with Crippen molar-refractivity contribution in [1.29, 1.82) is 0 Å². The van der Waals surface area contributed by atoms with Crippen LogP contribution in [0.15, 0.2) is 34.8 Å². The summed E-state index contributed by atoms with van der Waals surface area (Å²) in [6.07, 6.45) is 0. The topological polar surface area (TPSA) is 3.24 Å². The van der Waals surface area contributed by atoms with Gasteiger partial charge in [-0.1, -0.05) is 43.5 Å². The van der Waals surface area contributed by atoms with Crippen LogP contribution in [0.1, 0.15) is 10.4 Å². The summed E-state index contributed by atoms with van der Waals surface area (Å²) in [4.78, 5) is 3.51. The molecule has 0 spiro atoms. The number of halogens is 3. The van der Waals surface area contributed by atoms with Crippen LogP contribution in [0.2, 0.25) is 4.34 Å². The molecule has 1 aromatic heterocycles. The summed E-state index contributed by atoms with van der Waals surface area (Å²) in [5.41, 5.74) is 2.51. The predicted octanol–water partition coefficient (Wildman–Crippen LogP) is 5.70. The molecule has 2 rings (SSSR count). The summed E-state index contributed by atoms with van der Waals surface area (Å²) in [6.45, 7) is 0.874. The van der Waals surface area contributed by atoms with Crippen molar-refractivity contribution in [1.82, 2.24) is 0 Å². The van der Waals surface area contributed by atoms with Gasteiger partial charge in [0.1, 0.15) is 0 Å². The van der Waals surface area contributed by atoms with Crippen molar-refractivity contribution in [3.63, 3.8) is 0 Å². The van der Waals surface area contributed by atoms with Gasteiger partial charge in [0, 0.05) is 27.4 Å². The van der Waals surface area contributed by atoms with Crippen LogP contribution in [-0.2, 0) is 11.9 Å². The summed E-state index contributed by atoms with van der Waals surface area (Å²) in [7, 11) is 2.10. The SMILES string of the molecule is CN(Cc1ccc(Cl)s1)c1ccc(Br)cc1CBr. The van der Waals surface area contributed by atoms with Gasteiger partial charge in [0.05, 0.1) is 10.9 Å². The number of hydrogen-bond acceptors (Lipinski definition) is 2. The molecule has 1 nitrogen and oxygen atoms in total. The zero-order valence-corrected chi connectivity index (χ0v) is 14.5.